The Labute approximate surface area is 78.9 Å². The summed E-state index contributed by atoms with van der Waals surface area (Å²) in [6.07, 6.45) is 3.38. The minimum atomic E-state index is 0.691. The second-order valence-corrected chi connectivity index (χ2v) is 3.36. The van der Waals surface area contributed by atoms with Crippen molar-refractivity contribution in [1.82, 2.24) is 9.97 Å². The first kappa shape index (κ1) is 7.71. The van der Waals surface area contributed by atoms with Gasteiger partial charge in [-0.1, -0.05) is 11.6 Å². The molecule has 12 heavy (non-hydrogen) atoms. The van der Waals surface area contributed by atoms with E-state index in [0.29, 0.717) is 5.02 Å². The number of nitrogens with zero attached hydrogens (tertiary/aromatic N) is 2. The summed E-state index contributed by atoms with van der Waals surface area (Å²) in [5, 5.41) is 2.64. The number of thiazole rings is 1. The zero-order valence-corrected chi connectivity index (χ0v) is 7.64. The quantitative estimate of drug-likeness (QED) is 0.701. The van der Waals surface area contributed by atoms with Crippen LogP contribution in [0.4, 0.5) is 0 Å². The number of aromatic nitrogens is 2. The van der Waals surface area contributed by atoms with Gasteiger partial charge in [-0.2, -0.15) is 0 Å². The third-order valence-electron chi connectivity index (χ3n) is 1.48. The van der Waals surface area contributed by atoms with E-state index in [1.54, 1.807) is 35.3 Å². The van der Waals surface area contributed by atoms with E-state index in [4.69, 9.17) is 11.6 Å². The standard InChI is InChI=1S/C8H5ClN2S/c9-7-1-2-10-3-6(7)8-4-12-5-11-8/h1-5H. The average Bonchev–Trinajstić information content (AvgIpc) is 2.57. The van der Waals surface area contributed by atoms with Gasteiger partial charge in [0.15, 0.2) is 0 Å². The van der Waals surface area contributed by atoms with Crippen LogP contribution in [0.3, 0.4) is 0 Å². The van der Waals surface area contributed by atoms with E-state index in [1.807, 2.05) is 5.38 Å². The molecule has 2 nitrogen and oxygen atoms in total. The van der Waals surface area contributed by atoms with Crippen LogP contribution in [-0.4, -0.2) is 9.97 Å². The fourth-order valence-electron chi connectivity index (χ4n) is 0.912. The highest BCUT2D eigenvalue weighted by Crippen LogP contribution is 2.25. The van der Waals surface area contributed by atoms with Crippen molar-refractivity contribution in [2.75, 3.05) is 0 Å². The Bertz CT molecular complexity index is 372. The molecule has 0 aromatic carbocycles. The number of hydrogen-bond donors (Lipinski definition) is 0. The maximum atomic E-state index is 5.94. The van der Waals surface area contributed by atoms with Crippen LogP contribution >= 0.6 is 22.9 Å². The van der Waals surface area contributed by atoms with Gasteiger partial charge in [-0.25, -0.2) is 4.98 Å². The largest absolute Gasteiger partial charge is 0.264 e. The van der Waals surface area contributed by atoms with Crippen LogP contribution in [-0.2, 0) is 0 Å². The molecular weight excluding hydrogens is 192 g/mol. The van der Waals surface area contributed by atoms with E-state index < -0.39 is 0 Å². The highest BCUT2D eigenvalue weighted by atomic mass is 35.5. The van der Waals surface area contributed by atoms with Crippen LogP contribution in [0.15, 0.2) is 29.4 Å². The molecule has 0 spiro atoms. The summed E-state index contributed by atoms with van der Waals surface area (Å²) in [5.41, 5.74) is 3.55. The first-order valence-electron chi connectivity index (χ1n) is 3.36. The molecule has 0 fully saturated rings. The zero-order valence-electron chi connectivity index (χ0n) is 6.07. The summed E-state index contributed by atoms with van der Waals surface area (Å²) in [6.45, 7) is 0. The van der Waals surface area contributed by atoms with Crippen LogP contribution in [0.5, 0.6) is 0 Å². The Morgan fingerprint density at radius 1 is 1.42 bits per heavy atom. The molecule has 0 atom stereocenters. The summed E-state index contributed by atoms with van der Waals surface area (Å²) in [7, 11) is 0. The SMILES string of the molecule is Clc1ccncc1-c1cscn1. The molecular formula is C8H5ClN2S. The Morgan fingerprint density at radius 2 is 2.33 bits per heavy atom. The molecule has 0 saturated carbocycles. The molecule has 0 radical (unpaired) electrons. The van der Waals surface area contributed by atoms with E-state index in [9.17, 15) is 0 Å². The Balaban J connectivity index is 2.55. The Morgan fingerprint density at radius 3 is 3.00 bits per heavy atom. The molecule has 2 aromatic rings. The lowest BCUT2D eigenvalue weighted by Gasteiger charge is -1.96. The van der Waals surface area contributed by atoms with Gasteiger partial charge in [0.2, 0.25) is 0 Å². The number of pyridine rings is 1. The first-order valence-corrected chi connectivity index (χ1v) is 4.68. The molecule has 4 heteroatoms. The van der Waals surface area contributed by atoms with Crippen molar-refractivity contribution in [3.8, 4) is 11.3 Å². The van der Waals surface area contributed by atoms with Gasteiger partial charge >= 0.3 is 0 Å². The van der Waals surface area contributed by atoms with Gasteiger partial charge in [-0.3, -0.25) is 4.98 Å². The normalized spacial score (nSPS) is 10.1. The highest BCUT2D eigenvalue weighted by Gasteiger charge is 2.03. The predicted molar refractivity (Wildman–Crippen MR) is 50.4 cm³/mol. The average molecular weight is 197 g/mol. The lowest BCUT2D eigenvalue weighted by Crippen LogP contribution is -1.80. The summed E-state index contributed by atoms with van der Waals surface area (Å²) >= 11 is 7.49. The molecule has 2 aromatic heterocycles. The molecule has 0 saturated heterocycles. The topological polar surface area (TPSA) is 25.8 Å². The van der Waals surface area contributed by atoms with Crippen LogP contribution in [0, 0.1) is 0 Å². The van der Waals surface area contributed by atoms with E-state index in [0.717, 1.165) is 11.3 Å². The molecule has 0 amide bonds. The molecule has 60 valence electrons. The number of rotatable bonds is 1. The maximum absolute atomic E-state index is 5.94. The molecule has 0 bridgehead atoms. The molecule has 0 aliphatic heterocycles. The van der Waals surface area contributed by atoms with Crippen LogP contribution < -0.4 is 0 Å². The van der Waals surface area contributed by atoms with Gasteiger partial charge in [0.1, 0.15) is 0 Å². The highest BCUT2D eigenvalue weighted by molar-refractivity contribution is 7.07. The fraction of sp³-hybridized carbons (Fsp3) is 0. The fourth-order valence-corrected chi connectivity index (χ4v) is 1.67. The molecule has 2 rings (SSSR count). The van der Waals surface area contributed by atoms with Gasteiger partial charge in [-0.05, 0) is 6.07 Å². The van der Waals surface area contributed by atoms with Crippen LogP contribution in [0.2, 0.25) is 5.02 Å². The van der Waals surface area contributed by atoms with Crippen molar-refractivity contribution in [2.24, 2.45) is 0 Å². The number of hydrogen-bond acceptors (Lipinski definition) is 3. The van der Waals surface area contributed by atoms with Gasteiger partial charge in [0.25, 0.3) is 0 Å². The second kappa shape index (κ2) is 3.21. The predicted octanol–water partition coefficient (Wildman–Crippen LogP) is 2.86. The van der Waals surface area contributed by atoms with Gasteiger partial charge in [0.05, 0.1) is 16.2 Å². The summed E-state index contributed by atoms with van der Waals surface area (Å²) in [4.78, 5) is 8.12. The molecule has 0 aliphatic rings. The molecule has 2 heterocycles. The van der Waals surface area contributed by atoms with E-state index in [1.165, 1.54) is 0 Å². The monoisotopic (exact) mass is 196 g/mol. The van der Waals surface area contributed by atoms with Gasteiger partial charge in [-0.15, -0.1) is 11.3 Å². The first-order chi connectivity index (χ1) is 5.88. The van der Waals surface area contributed by atoms with Crippen molar-refractivity contribution in [2.45, 2.75) is 0 Å². The molecule has 0 N–H and O–H groups in total. The van der Waals surface area contributed by atoms with Gasteiger partial charge < -0.3 is 0 Å². The Kier molecular flexibility index (Phi) is 2.06. The summed E-state index contributed by atoms with van der Waals surface area (Å²) < 4.78 is 0. The zero-order chi connectivity index (χ0) is 8.39. The van der Waals surface area contributed by atoms with Crippen LogP contribution in [0.1, 0.15) is 0 Å². The van der Waals surface area contributed by atoms with E-state index in [-0.39, 0.29) is 0 Å². The van der Waals surface area contributed by atoms with E-state index >= 15 is 0 Å². The Hall–Kier alpha value is -0.930. The molecule has 0 unspecified atom stereocenters. The van der Waals surface area contributed by atoms with Crippen molar-refractivity contribution >= 4 is 22.9 Å². The number of halogens is 1. The van der Waals surface area contributed by atoms with Crippen molar-refractivity contribution in [1.29, 1.82) is 0 Å². The smallest absolute Gasteiger partial charge is 0.0841 e. The van der Waals surface area contributed by atoms with Crippen LogP contribution in [0.25, 0.3) is 11.3 Å². The molecule has 0 aliphatic carbocycles. The third kappa shape index (κ3) is 1.33. The summed E-state index contributed by atoms with van der Waals surface area (Å²) in [6, 6.07) is 1.76. The maximum Gasteiger partial charge on any atom is 0.0841 e. The van der Waals surface area contributed by atoms with Crippen molar-refractivity contribution in [3.05, 3.63) is 34.4 Å². The lowest BCUT2D eigenvalue weighted by molar-refractivity contribution is 1.31. The van der Waals surface area contributed by atoms with Crippen molar-refractivity contribution < 1.29 is 0 Å². The third-order valence-corrected chi connectivity index (χ3v) is 2.39. The minimum absolute atomic E-state index is 0.691. The summed E-state index contributed by atoms with van der Waals surface area (Å²) in [5.74, 6) is 0. The van der Waals surface area contributed by atoms with Crippen molar-refractivity contribution in [3.63, 3.8) is 0 Å². The van der Waals surface area contributed by atoms with Gasteiger partial charge in [0, 0.05) is 23.3 Å². The lowest BCUT2D eigenvalue weighted by atomic mass is 10.2. The second-order valence-electron chi connectivity index (χ2n) is 2.23. The van der Waals surface area contributed by atoms with E-state index in [2.05, 4.69) is 9.97 Å². The minimum Gasteiger partial charge on any atom is -0.264 e.